The Morgan fingerprint density at radius 1 is 1.22 bits per heavy atom. The zero-order valence-electron chi connectivity index (χ0n) is 11.0. The van der Waals surface area contributed by atoms with E-state index < -0.39 is 0 Å². The molecule has 0 heterocycles. The Bertz CT molecular complexity index is 323. The second kappa shape index (κ2) is 8.19. The van der Waals surface area contributed by atoms with Crippen LogP contribution in [0.15, 0.2) is 24.3 Å². The standard InChI is InChI=1S/C14H23FN2O/c1-2-8-17(10-11-18)9-7-14(16)12-3-5-13(15)6-4-12/h3-6,14,18H,2,7-11,16H2,1H3. The number of rotatable bonds is 8. The molecule has 0 aliphatic rings. The third kappa shape index (κ3) is 5.12. The molecule has 0 radical (unpaired) electrons. The van der Waals surface area contributed by atoms with Crippen LogP contribution in [0.1, 0.15) is 31.4 Å². The van der Waals surface area contributed by atoms with Gasteiger partial charge in [-0.15, -0.1) is 0 Å². The smallest absolute Gasteiger partial charge is 0.123 e. The predicted octanol–water partition coefficient (Wildman–Crippen LogP) is 1.92. The van der Waals surface area contributed by atoms with E-state index in [0.717, 1.165) is 31.5 Å². The van der Waals surface area contributed by atoms with Crippen LogP contribution in [0.3, 0.4) is 0 Å². The summed E-state index contributed by atoms with van der Waals surface area (Å²) in [6, 6.07) is 6.26. The SMILES string of the molecule is CCCN(CCO)CCC(N)c1ccc(F)cc1. The molecule has 3 nitrogen and oxygen atoms in total. The first-order valence-corrected chi connectivity index (χ1v) is 6.51. The topological polar surface area (TPSA) is 49.5 Å². The van der Waals surface area contributed by atoms with Crippen LogP contribution in [-0.4, -0.2) is 36.2 Å². The highest BCUT2D eigenvalue weighted by molar-refractivity contribution is 5.19. The molecule has 0 bridgehead atoms. The van der Waals surface area contributed by atoms with E-state index in [0.29, 0.717) is 6.54 Å². The maximum Gasteiger partial charge on any atom is 0.123 e. The van der Waals surface area contributed by atoms with Crippen molar-refractivity contribution in [3.63, 3.8) is 0 Å². The van der Waals surface area contributed by atoms with E-state index in [1.165, 1.54) is 12.1 Å². The molecule has 1 aromatic rings. The van der Waals surface area contributed by atoms with Crippen LogP contribution < -0.4 is 5.73 Å². The van der Waals surface area contributed by atoms with E-state index in [9.17, 15) is 4.39 Å². The molecular weight excluding hydrogens is 231 g/mol. The maximum absolute atomic E-state index is 12.8. The quantitative estimate of drug-likeness (QED) is 0.745. The number of aliphatic hydroxyl groups is 1. The minimum absolute atomic E-state index is 0.0800. The molecule has 18 heavy (non-hydrogen) atoms. The predicted molar refractivity (Wildman–Crippen MR) is 71.8 cm³/mol. The lowest BCUT2D eigenvalue weighted by Gasteiger charge is -2.22. The van der Waals surface area contributed by atoms with E-state index in [4.69, 9.17) is 10.8 Å². The molecule has 0 spiro atoms. The van der Waals surface area contributed by atoms with Crippen molar-refractivity contribution in [1.82, 2.24) is 4.90 Å². The van der Waals surface area contributed by atoms with Crippen molar-refractivity contribution in [1.29, 1.82) is 0 Å². The average molecular weight is 254 g/mol. The summed E-state index contributed by atoms with van der Waals surface area (Å²) in [5.74, 6) is -0.237. The first-order chi connectivity index (χ1) is 8.67. The lowest BCUT2D eigenvalue weighted by Crippen LogP contribution is -2.30. The van der Waals surface area contributed by atoms with Crippen molar-refractivity contribution in [2.45, 2.75) is 25.8 Å². The second-order valence-corrected chi connectivity index (χ2v) is 4.51. The minimum atomic E-state index is -0.237. The van der Waals surface area contributed by atoms with Gasteiger partial charge in [0, 0.05) is 19.1 Å². The van der Waals surface area contributed by atoms with Crippen molar-refractivity contribution in [2.75, 3.05) is 26.2 Å². The number of aliphatic hydroxyl groups excluding tert-OH is 1. The summed E-state index contributed by atoms with van der Waals surface area (Å²) in [5.41, 5.74) is 7.03. The number of nitrogens with zero attached hydrogens (tertiary/aromatic N) is 1. The zero-order valence-corrected chi connectivity index (χ0v) is 11.0. The Hall–Kier alpha value is -0.970. The van der Waals surface area contributed by atoms with Gasteiger partial charge in [0.15, 0.2) is 0 Å². The fourth-order valence-electron chi connectivity index (χ4n) is 1.99. The second-order valence-electron chi connectivity index (χ2n) is 4.51. The van der Waals surface area contributed by atoms with Crippen molar-refractivity contribution < 1.29 is 9.50 Å². The number of benzene rings is 1. The zero-order chi connectivity index (χ0) is 13.4. The summed E-state index contributed by atoms with van der Waals surface area (Å²) in [7, 11) is 0. The molecule has 102 valence electrons. The number of hydrogen-bond donors (Lipinski definition) is 2. The van der Waals surface area contributed by atoms with Gasteiger partial charge in [-0.3, -0.25) is 0 Å². The third-order valence-corrected chi connectivity index (χ3v) is 3.01. The van der Waals surface area contributed by atoms with Crippen LogP contribution in [0.2, 0.25) is 0 Å². The van der Waals surface area contributed by atoms with Crippen molar-refractivity contribution in [3.05, 3.63) is 35.6 Å². The Balaban J connectivity index is 2.43. The van der Waals surface area contributed by atoms with Gasteiger partial charge in [0.05, 0.1) is 6.61 Å². The summed E-state index contributed by atoms with van der Waals surface area (Å²) in [5, 5.41) is 8.96. The molecule has 0 aromatic heterocycles. The van der Waals surface area contributed by atoms with Gasteiger partial charge in [-0.25, -0.2) is 4.39 Å². The number of nitrogens with two attached hydrogens (primary N) is 1. The molecule has 1 rings (SSSR count). The van der Waals surface area contributed by atoms with E-state index in [-0.39, 0.29) is 18.5 Å². The molecule has 4 heteroatoms. The molecular formula is C14H23FN2O. The summed E-state index contributed by atoms with van der Waals surface area (Å²) in [6.45, 7) is 4.80. The molecule has 0 saturated heterocycles. The lowest BCUT2D eigenvalue weighted by atomic mass is 10.0. The molecule has 1 aromatic carbocycles. The largest absolute Gasteiger partial charge is 0.395 e. The van der Waals surface area contributed by atoms with Crippen LogP contribution in [0.25, 0.3) is 0 Å². The lowest BCUT2D eigenvalue weighted by molar-refractivity contribution is 0.191. The van der Waals surface area contributed by atoms with Gasteiger partial charge in [-0.1, -0.05) is 19.1 Å². The molecule has 0 fully saturated rings. The minimum Gasteiger partial charge on any atom is -0.395 e. The fourth-order valence-corrected chi connectivity index (χ4v) is 1.99. The highest BCUT2D eigenvalue weighted by atomic mass is 19.1. The van der Waals surface area contributed by atoms with E-state index >= 15 is 0 Å². The van der Waals surface area contributed by atoms with Crippen LogP contribution in [0, 0.1) is 5.82 Å². The summed E-state index contributed by atoms with van der Waals surface area (Å²) >= 11 is 0. The number of hydrogen-bond acceptors (Lipinski definition) is 3. The van der Waals surface area contributed by atoms with Crippen LogP contribution in [-0.2, 0) is 0 Å². The Morgan fingerprint density at radius 2 is 1.89 bits per heavy atom. The van der Waals surface area contributed by atoms with Crippen LogP contribution in [0.4, 0.5) is 4.39 Å². The third-order valence-electron chi connectivity index (χ3n) is 3.01. The van der Waals surface area contributed by atoms with Crippen LogP contribution >= 0.6 is 0 Å². The average Bonchev–Trinajstić information content (AvgIpc) is 2.37. The van der Waals surface area contributed by atoms with Crippen LogP contribution in [0.5, 0.6) is 0 Å². The van der Waals surface area contributed by atoms with E-state index in [1.807, 2.05) is 0 Å². The van der Waals surface area contributed by atoms with Gasteiger partial charge in [0.25, 0.3) is 0 Å². The monoisotopic (exact) mass is 254 g/mol. The van der Waals surface area contributed by atoms with Gasteiger partial charge < -0.3 is 15.7 Å². The Kier molecular flexibility index (Phi) is 6.86. The summed E-state index contributed by atoms with van der Waals surface area (Å²) in [6.07, 6.45) is 1.87. The van der Waals surface area contributed by atoms with Gasteiger partial charge in [-0.2, -0.15) is 0 Å². The number of halogens is 1. The first kappa shape index (κ1) is 15.1. The van der Waals surface area contributed by atoms with Gasteiger partial charge in [0.1, 0.15) is 5.82 Å². The maximum atomic E-state index is 12.8. The van der Waals surface area contributed by atoms with Crippen molar-refractivity contribution in [2.24, 2.45) is 5.73 Å². The summed E-state index contributed by atoms with van der Waals surface area (Å²) in [4.78, 5) is 2.20. The molecule has 0 aliphatic carbocycles. The highest BCUT2D eigenvalue weighted by Crippen LogP contribution is 2.15. The van der Waals surface area contributed by atoms with Crippen molar-refractivity contribution in [3.8, 4) is 0 Å². The molecule has 0 aliphatic heterocycles. The van der Waals surface area contributed by atoms with Crippen molar-refractivity contribution >= 4 is 0 Å². The fraction of sp³-hybridized carbons (Fsp3) is 0.571. The van der Waals surface area contributed by atoms with E-state index in [1.54, 1.807) is 12.1 Å². The summed E-state index contributed by atoms with van der Waals surface area (Å²) < 4.78 is 12.8. The molecule has 1 unspecified atom stereocenters. The van der Waals surface area contributed by atoms with Gasteiger partial charge >= 0.3 is 0 Å². The first-order valence-electron chi connectivity index (χ1n) is 6.51. The Morgan fingerprint density at radius 3 is 2.44 bits per heavy atom. The molecule has 0 saturated carbocycles. The molecule has 0 amide bonds. The molecule has 1 atom stereocenters. The van der Waals surface area contributed by atoms with Gasteiger partial charge in [-0.05, 0) is 37.1 Å². The highest BCUT2D eigenvalue weighted by Gasteiger charge is 2.09. The van der Waals surface area contributed by atoms with Gasteiger partial charge in [0.2, 0.25) is 0 Å². The normalized spacial score (nSPS) is 12.9. The Labute approximate surface area is 108 Å². The molecule has 3 N–H and O–H groups in total. The van der Waals surface area contributed by atoms with E-state index in [2.05, 4.69) is 11.8 Å².